The van der Waals surface area contributed by atoms with Gasteiger partial charge in [0.25, 0.3) is 0 Å². The Labute approximate surface area is 97.1 Å². The van der Waals surface area contributed by atoms with Crippen LogP contribution in [-0.4, -0.2) is 10.6 Å². The molecule has 2 N–H and O–H groups in total. The minimum Gasteiger partial charge on any atom is -0.350 e. The molecule has 2 heteroatoms. The highest BCUT2D eigenvalue weighted by atomic mass is 14.9. The summed E-state index contributed by atoms with van der Waals surface area (Å²) in [6.07, 6.45) is 4.34. The van der Waals surface area contributed by atoms with Crippen molar-refractivity contribution in [2.75, 3.05) is 0 Å². The zero-order valence-electron chi connectivity index (χ0n) is 10.3. The van der Waals surface area contributed by atoms with Crippen molar-refractivity contribution in [1.82, 2.24) is 4.57 Å². The van der Waals surface area contributed by atoms with E-state index in [0.717, 1.165) is 12.8 Å². The molecule has 1 atom stereocenters. The highest BCUT2D eigenvalue weighted by molar-refractivity contribution is 5.84. The molecule has 0 aliphatic heterocycles. The second kappa shape index (κ2) is 4.30. The molecule has 0 amide bonds. The maximum absolute atomic E-state index is 5.81. The largest absolute Gasteiger partial charge is 0.350 e. The molecule has 2 rings (SSSR count). The summed E-state index contributed by atoms with van der Waals surface area (Å²) >= 11 is 0. The van der Waals surface area contributed by atoms with E-state index in [-0.39, 0.29) is 6.04 Å². The van der Waals surface area contributed by atoms with Gasteiger partial charge in [-0.1, -0.05) is 12.1 Å². The van der Waals surface area contributed by atoms with Gasteiger partial charge in [-0.05, 0) is 43.9 Å². The average molecular weight is 216 g/mol. The molecule has 1 unspecified atom stereocenters. The fraction of sp³-hybridized carbons (Fsp3) is 0.429. The molecule has 0 spiro atoms. The average Bonchev–Trinajstić information content (AvgIpc) is 2.53. The molecule has 0 saturated carbocycles. The Morgan fingerprint density at radius 1 is 1.38 bits per heavy atom. The number of nitrogens with two attached hydrogens (primary N) is 1. The van der Waals surface area contributed by atoms with Gasteiger partial charge in [0.05, 0.1) is 0 Å². The van der Waals surface area contributed by atoms with Crippen molar-refractivity contribution < 1.29 is 0 Å². The van der Waals surface area contributed by atoms with Crippen LogP contribution in [0.5, 0.6) is 0 Å². The highest BCUT2D eigenvalue weighted by Gasteiger charge is 2.07. The minimum absolute atomic E-state index is 0.278. The number of aromatic nitrogens is 1. The first-order valence-electron chi connectivity index (χ1n) is 5.88. The molecule has 0 aliphatic carbocycles. The number of fused-ring (bicyclic) bond motifs is 1. The molecule has 0 aliphatic rings. The summed E-state index contributed by atoms with van der Waals surface area (Å²) in [7, 11) is 2.11. The SMILES string of the molecule is Cc1ccc2c(CCC(C)N)cn(C)c2c1. The molecule has 0 saturated heterocycles. The molecular formula is C14H20N2. The lowest BCUT2D eigenvalue weighted by Gasteiger charge is -2.03. The van der Waals surface area contributed by atoms with Gasteiger partial charge >= 0.3 is 0 Å². The van der Waals surface area contributed by atoms with E-state index >= 15 is 0 Å². The summed E-state index contributed by atoms with van der Waals surface area (Å²) in [5.74, 6) is 0. The third kappa shape index (κ3) is 2.12. The Kier molecular flexibility index (Phi) is 3.01. The first-order valence-corrected chi connectivity index (χ1v) is 5.88. The van der Waals surface area contributed by atoms with Crippen molar-refractivity contribution in [3.05, 3.63) is 35.5 Å². The number of aryl methyl sites for hydroxylation is 3. The van der Waals surface area contributed by atoms with Gasteiger partial charge in [-0.15, -0.1) is 0 Å². The van der Waals surface area contributed by atoms with Crippen LogP contribution in [0.2, 0.25) is 0 Å². The Hall–Kier alpha value is -1.28. The van der Waals surface area contributed by atoms with Crippen LogP contribution in [0.3, 0.4) is 0 Å². The van der Waals surface area contributed by atoms with Gasteiger partial charge in [-0.2, -0.15) is 0 Å². The van der Waals surface area contributed by atoms with E-state index < -0.39 is 0 Å². The second-order valence-corrected chi connectivity index (χ2v) is 4.80. The zero-order valence-corrected chi connectivity index (χ0v) is 10.3. The summed E-state index contributed by atoms with van der Waals surface area (Å²) in [5, 5.41) is 1.37. The van der Waals surface area contributed by atoms with Crippen LogP contribution in [0, 0.1) is 6.92 Å². The highest BCUT2D eigenvalue weighted by Crippen LogP contribution is 2.23. The third-order valence-corrected chi connectivity index (χ3v) is 3.10. The van der Waals surface area contributed by atoms with Crippen molar-refractivity contribution >= 4 is 10.9 Å². The van der Waals surface area contributed by atoms with Crippen molar-refractivity contribution in [3.63, 3.8) is 0 Å². The summed E-state index contributed by atoms with van der Waals surface area (Å²) in [5.41, 5.74) is 9.85. The Bertz CT molecular complexity index is 495. The van der Waals surface area contributed by atoms with Gasteiger partial charge in [-0.3, -0.25) is 0 Å². The van der Waals surface area contributed by atoms with Crippen LogP contribution in [0.25, 0.3) is 10.9 Å². The van der Waals surface area contributed by atoms with Gasteiger partial charge in [0.1, 0.15) is 0 Å². The number of benzene rings is 1. The molecule has 1 heterocycles. The van der Waals surface area contributed by atoms with Gasteiger partial charge in [0.2, 0.25) is 0 Å². The van der Waals surface area contributed by atoms with E-state index in [1.165, 1.54) is 22.0 Å². The smallest absolute Gasteiger partial charge is 0.0483 e. The molecule has 16 heavy (non-hydrogen) atoms. The Balaban J connectivity index is 2.39. The molecule has 0 bridgehead atoms. The van der Waals surface area contributed by atoms with Gasteiger partial charge in [0.15, 0.2) is 0 Å². The number of nitrogens with zero attached hydrogens (tertiary/aromatic N) is 1. The third-order valence-electron chi connectivity index (χ3n) is 3.10. The van der Waals surface area contributed by atoms with E-state index in [0.29, 0.717) is 0 Å². The van der Waals surface area contributed by atoms with Gasteiger partial charge in [-0.25, -0.2) is 0 Å². The Morgan fingerprint density at radius 3 is 2.81 bits per heavy atom. The lowest BCUT2D eigenvalue weighted by Crippen LogP contribution is -2.15. The maximum atomic E-state index is 5.81. The monoisotopic (exact) mass is 216 g/mol. The molecule has 2 aromatic rings. The normalized spacial score (nSPS) is 13.2. The van der Waals surface area contributed by atoms with Crippen molar-refractivity contribution in [1.29, 1.82) is 0 Å². The summed E-state index contributed by atoms with van der Waals surface area (Å²) in [4.78, 5) is 0. The topological polar surface area (TPSA) is 30.9 Å². The lowest BCUT2D eigenvalue weighted by atomic mass is 10.0. The summed E-state index contributed by atoms with van der Waals surface area (Å²) in [6.45, 7) is 4.20. The van der Waals surface area contributed by atoms with E-state index in [4.69, 9.17) is 5.73 Å². The molecular weight excluding hydrogens is 196 g/mol. The fourth-order valence-electron chi connectivity index (χ4n) is 2.16. The molecule has 0 radical (unpaired) electrons. The molecule has 1 aromatic heterocycles. The van der Waals surface area contributed by atoms with E-state index in [1.807, 2.05) is 0 Å². The van der Waals surface area contributed by atoms with Gasteiger partial charge < -0.3 is 10.3 Å². The van der Waals surface area contributed by atoms with Crippen LogP contribution in [0.1, 0.15) is 24.5 Å². The lowest BCUT2D eigenvalue weighted by molar-refractivity contribution is 0.667. The summed E-state index contributed by atoms with van der Waals surface area (Å²) < 4.78 is 2.21. The fourth-order valence-corrected chi connectivity index (χ4v) is 2.16. The maximum Gasteiger partial charge on any atom is 0.0483 e. The quantitative estimate of drug-likeness (QED) is 0.840. The molecule has 0 fully saturated rings. The predicted molar refractivity (Wildman–Crippen MR) is 69.6 cm³/mol. The first kappa shape index (κ1) is 11.2. The van der Waals surface area contributed by atoms with E-state index in [9.17, 15) is 0 Å². The summed E-state index contributed by atoms with van der Waals surface area (Å²) in [6, 6.07) is 6.92. The second-order valence-electron chi connectivity index (χ2n) is 4.80. The zero-order chi connectivity index (χ0) is 11.7. The molecule has 86 valence electrons. The van der Waals surface area contributed by atoms with Crippen molar-refractivity contribution in [2.45, 2.75) is 32.7 Å². The minimum atomic E-state index is 0.278. The van der Waals surface area contributed by atoms with Crippen LogP contribution in [-0.2, 0) is 13.5 Å². The van der Waals surface area contributed by atoms with Gasteiger partial charge in [0, 0.05) is 30.2 Å². The van der Waals surface area contributed by atoms with Crippen LogP contribution in [0.4, 0.5) is 0 Å². The van der Waals surface area contributed by atoms with E-state index in [2.05, 4.69) is 49.9 Å². The first-order chi connectivity index (χ1) is 7.58. The number of hydrogen-bond donors (Lipinski definition) is 1. The standard InChI is InChI=1S/C14H20N2/c1-10-4-7-13-12(6-5-11(2)15)9-16(3)14(13)8-10/h4,7-9,11H,5-6,15H2,1-3H3. The van der Waals surface area contributed by atoms with Crippen LogP contribution < -0.4 is 5.73 Å². The predicted octanol–water partition coefficient (Wildman–Crippen LogP) is 2.77. The number of rotatable bonds is 3. The molecule has 2 nitrogen and oxygen atoms in total. The number of hydrogen-bond acceptors (Lipinski definition) is 1. The van der Waals surface area contributed by atoms with Crippen molar-refractivity contribution in [2.24, 2.45) is 12.8 Å². The molecule has 1 aromatic carbocycles. The van der Waals surface area contributed by atoms with Crippen LogP contribution >= 0.6 is 0 Å². The van der Waals surface area contributed by atoms with E-state index in [1.54, 1.807) is 0 Å². The Morgan fingerprint density at radius 2 is 2.12 bits per heavy atom. The van der Waals surface area contributed by atoms with Crippen LogP contribution in [0.15, 0.2) is 24.4 Å². The van der Waals surface area contributed by atoms with Crippen molar-refractivity contribution in [3.8, 4) is 0 Å².